The number of pyridine rings is 1. The number of unbranched alkanes of at least 4 members (excludes halogenated alkanes) is 1. The maximum Gasteiger partial charge on any atom is 0.430 e. The number of methoxy groups -OCH3 is 1. The van der Waals surface area contributed by atoms with E-state index in [4.69, 9.17) is 34.2 Å². The van der Waals surface area contributed by atoms with Crippen LogP contribution in [0.5, 0.6) is 0 Å². The van der Waals surface area contributed by atoms with Crippen LogP contribution in [0.25, 0.3) is 11.2 Å². The number of nitrogens with zero attached hydrogens (tertiary/aromatic N) is 9. The van der Waals surface area contributed by atoms with Crippen LogP contribution in [-0.2, 0) is 55.8 Å². The quantitative estimate of drug-likeness (QED) is 0.0666. The van der Waals surface area contributed by atoms with Gasteiger partial charge in [0.15, 0.2) is 28.9 Å². The molecule has 3 aromatic heterocycles. The van der Waals surface area contributed by atoms with Gasteiger partial charge in [0.05, 0.1) is 42.5 Å². The monoisotopic (exact) mass is 1120 g/mol. The smallest absolute Gasteiger partial charge is 0.430 e. The fourth-order valence-electron chi connectivity index (χ4n) is 11.4. The lowest BCUT2D eigenvalue weighted by molar-refractivity contribution is -0.301. The average Bonchev–Trinajstić information content (AvgIpc) is 4.21. The predicted molar refractivity (Wildman–Crippen MR) is 287 cm³/mol. The minimum atomic E-state index is -2.00. The van der Waals surface area contributed by atoms with Crippen molar-refractivity contribution in [1.29, 1.82) is 0 Å². The fourth-order valence-corrected chi connectivity index (χ4v) is 11.4. The number of aryl methyl sites for hydroxylation is 1. The number of ketones is 1. The number of hydrogen-bond acceptors (Lipinski definition) is 18. The number of esters is 2. The number of aliphatic hydroxyl groups is 1. The first-order valence-electron chi connectivity index (χ1n) is 26.8. The SMILES string of the molecule is C=CN(C)[C@H]1C[C@@H](C)OC(O[C@@H]2[C@@H](C)[C@H](OC(=O)Cc3cccnc3)[C@@H](C)C(=O)O[C@H](C)[C@@]3(C)OC(=O)N(N(C=C)C(=O)N(c4c(F)cccc4F)c4ncnc5c4ncn5CCCCN)[C@H]3[C@@H](C)C(=O)[C@H](C)C[C@@]2(C)OC)[C@@H]1O. The van der Waals surface area contributed by atoms with Crippen molar-refractivity contribution in [3.63, 3.8) is 0 Å². The summed E-state index contributed by atoms with van der Waals surface area (Å²) >= 11 is 0. The lowest BCUT2D eigenvalue weighted by Crippen LogP contribution is -2.62. The topological polar surface area (TPSA) is 256 Å². The zero-order valence-electron chi connectivity index (χ0n) is 46.9. The van der Waals surface area contributed by atoms with E-state index in [2.05, 4.69) is 33.1 Å². The van der Waals surface area contributed by atoms with Gasteiger partial charge in [-0.3, -0.25) is 19.4 Å². The summed E-state index contributed by atoms with van der Waals surface area (Å²) in [7, 11) is 3.17. The molecule has 0 saturated carbocycles. The largest absolute Gasteiger partial charge is 0.461 e. The maximum atomic E-state index is 16.2. The molecule has 7 rings (SSSR count). The highest BCUT2D eigenvalue weighted by Gasteiger charge is 2.62. The summed E-state index contributed by atoms with van der Waals surface area (Å²) in [5.41, 5.74) is 1.99. The Labute approximate surface area is 464 Å². The van der Waals surface area contributed by atoms with Gasteiger partial charge in [0, 0.05) is 57.0 Å². The molecule has 0 bridgehead atoms. The second-order valence-electron chi connectivity index (χ2n) is 21.4. The van der Waals surface area contributed by atoms with Gasteiger partial charge in [0.25, 0.3) is 0 Å². The molecule has 4 aromatic rings. The van der Waals surface area contributed by atoms with Crippen molar-refractivity contribution < 1.29 is 66.3 Å². The van der Waals surface area contributed by atoms with Crippen molar-refractivity contribution in [1.82, 2.24) is 39.4 Å². The number of likely N-dealkylation sites (N-methyl/N-ethyl adjacent to an activating group) is 1. The summed E-state index contributed by atoms with van der Waals surface area (Å²) in [5, 5.41) is 13.4. The number of cyclic esters (lactones) is 1. The number of rotatable bonds is 16. The van der Waals surface area contributed by atoms with Crippen LogP contribution < -0.4 is 10.6 Å². The molecule has 14 atom stereocenters. The second kappa shape index (κ2) is 25.2. The molecule has 0 spiro atoms. The molecule has 3 saturated heterocycles. The maximum absolute atomic E-state index is 16.2. The number of halogens is 2. The number of Topliss-reactive ketones (excluding diaryl/α,β-unsaturated/α-hetero) is 1. The second-order valence-corrected chi connectivity index (χ2v) is 21.4. The van der Waals surface area contributed by atoms with Crippen molar-refractivity contribution >= 4 is 52.5 Å². The van der Waals surface area contributed by atoms with E-state index in [1.165, 1.54) is 47.3 Å². The van der Waals surface area contributed by atoms with Crippen LogP contribution >= 0.6 is 0 Å². The van der Waals surface area contributed by atoms with Crippen molar-refractivity contribution in [2.45, 2.75) is 154 Å². The first-order chi connectivity index (χ1) is 38.0. The van der Waals surface area contributed by atoms with Crippen LogP contribution in [0.15, 0.2) is 80.9 Å². The van der Waals surface area contributed by atoms with E-state index in [0.29, 0.717) is 47.8 Å². The van der Waals surface area contributed by atoms with Gasteiger partial charge in [0.1, 0.15) is 53.8 Å². The third-order valence-electron chi connectivity index (χ3n) is 15.9. The number of fused-ring (bicyclic) bond motifs is 2. The Balaban J connectivity index is 1.35. The lowest BCUT2D eigenvalue weighted by atomic mass is 9.73. The Bertz CT molecular complexity index is 2880. The number of amides is 3. The molecule has 22 nitrogen and oxygen atoms in total. The molecular weight excluding hydrogens is 1040 g/mol. The molecule has 3 fully saturated rings. The van der Waals surface area contributed by atoms with Crippen LogP contribution in [-0.4, -0.2) is 155 Å². The third kappa shape index (κ3) is 12.0. The molecule has 1 unspecified atom stereocenters. The van der Waals surface area contributed by atoms with E-state index in [9.17, 15) is 19.5 Å². The average molecular weight is 1120 g/mol. The standard InChI is InChI=1S/C56H74F2N10O12/c1-13-64(11)40-25-32(4)76-52(45(40)71)79-48-34(6)46(78-41(69)26-37-19-18-23-60-28-37)35(7)51(72)77-36(8)56(10)47(33(5)44(70)31(3)27-55(48,9)75-12)68(54(74)80-56)66(14-2)53(73)67(43-38(57)20-17-21-39(43)58)50-42-49(61-29-62-50)65(30-63-42)24-16-15-22-59/h13-14,17-21,23,28-36,40,45-48,52,71H,1-2,15-16,22,24-27,59H2,3-12H3/t31-,32-,33+,34+,35-,36-,40+,45-,46+,47+,48-,52?,55-,56-/m1/s1. The number of carbonyl (C=O) groups excluding carboxylic acids is 5. The molecule has 0 aliphatic carbocycles. The number of hydrazine groups is 1. The summed E-state index contributed by atoms with van der Waals surface area (Å²) in [6, 6.07) is 2.90. The van der Waals surface area contributed by atoms with Crippen LogP contribution in [0.4, 0.5) is 29.9 Å². The molecule has 0 radical (unpaired) electrons. The predicted octanol–water partition coefficient (Wildman–Crippen LogP) is 6.77. The minimum absolute atomic E-state index is 0.0408. The highest BCUT2D eigenvalue weighted by atomic mass is 19.1. The Morgan fingerprint density at radius 2 is 1.70 bits per heavy atom. The molecule has 434 valence electrons. The van der Waals surface area contributed by atoms with Gasteiger partial charge in [-0.2, -0.15) is 0 Å². The van der Waals surface area contributed by atoms with Crippen molar-refractivity contribution in [2.24, 2.45) is 29.4 Å². The molecule has 3 aliphatic rings. The molecule has 80 heavy (non-hydrogen) atoms. The van der Waals surface area contributed by atoms with Gasteiger partial charge >= 0.3 is 24.1 Å². The van der Waals surface area contributed by atoms with Gasteiger partial charge in [-0.05, 0) is 96.8 Å². The number of carbonyl (C=O) groups is 5. The van der Waals surface area contributed by atoms with Crippen molar-refractivity contribution in [3.05, 3.63) is 98.1 Å². The number of para-hydroxylation sites is 1. The van der Waals surface area contributed by atoms with E-state index < -0.39 is 131 Å². The first kappa shape index (κ1) is 60.6. The lowest BCUT2D eigenvalue weighted by Gasteiger charge is -2.48. The molecule has 3 amide bonds. The number of aliphatic hydroxyl groups excluding tert-OH is 1. The molecule has 6 heterocycles. The third-order valence-corrected chi connectivity index (χ3v) is 15.9. The number of hydrogen-bond donors (Lipinski definition) is 2. The number of ether oxygens (including phenoxy) is 6. The fraction of sp³-hybridized carbons (Fsp3) is 0.554. The normalized spacial score (nSPS) is 30.4. The van der Waals surface area contributed by atoms with Crippen molar-refractivity contribution in [2.75, 3.05) is 25.6 Å². The highest BCUT2D eigenvalue weighted by Crippen LogP contribution is 2.45. The van der Waals surface area contributed by atoms with Gasteiger partial charge in [0.2, 0.25) is 0 Å². The van der Waals surface area contributed by atoms with Gasteiger partial charge in [-0.25, -0.2) is 48.2 Å². The number of urea groups is 1. The molecule has 3 N–H and O–H groups in total. The van der Waals surface area contributed by atoms with E-state index in [0.717, 1.165) is 35.7 Å². The summed E-state index contributed by atoms with van der Waals surface area (Å²) in [6.45, 7) is 21.2. The zero-order valence-corrected chi connectivity index (χ0v) is 46.9. The number of benzene rings is 1. The minimum Gasteiger partial charge on any atom is -0.461 e. The van der Waals surface area contributed by atoms with E-state index >= 15 is 18.4 Å². The Hall–Kier alpha value is -6.99. The van der Waals surface area contributed by atoms with Crippen LogP contribution in [0.2, 0.25) is 0 Å². The Kier molecular flexibility index (Phi) is 19.1. The highest BCUT2D eigenvalue weighted by molar-refractivity contribution is 6.05. The first-order valence-corrected chi connectivity index (χ1v) is 26.8. The summed E-state index contributed by atoms with van der Waals surface area (Å²) in [5.74, 6) is -9.58. The van der Waals surface area contributed by atoms with Gasteiger partial charge in [-0.15, -0.1) is 0 Å². The number of aromatic nitrogens is 5. The Morgan fingerprint density at radius 1 is 0.988 bits per heavy atom. The Morgan fingerprint density at radius 3 is 2.34 bits per heavy atom. The summed E-state index contributed by atoms with van der Waals surface area (Å²) < 4.78 is 72.4. The van der Waals surface area contributed by atoms with Gasteiger partial charge < -0.3 is 48.7 Å². The van der Waals surface area contributed by atoms with Crippen molar-refractivity contribution in [3.8, 4) is 0 Å². The molecule has 24 heteroatoms. The van der Waals surface area contributed by atoms with Crippen LogP contribution in [0, 0.1) is 35.3 Å². The van der Waals surface area contributed by atoms with E-state index in [-0.39, 0.29) is 29.8 Å². The molecule has 3 aliphatic heterocycles. The zero-order chi connectivity index (χ0) is 58.5. The van der Waals surface area contributed by atoms with Gasteiger partial charge in [-0.1, -0.05) is 46.1 Å². The number of nitrogens with two attached hydrogens (primary N) is 1. The van der Waals surface area contributed by atoms with Crippen LogP contribution in [0.3, 0.4) is 0 Å². The molecule has 1 aromatic carbocycles. The van der Waals surface area contributed by atoms with E-state index in [1.807, 2.05) is 6.92 Å². The molecular formula is C56H74F2N10O12. The van der Waals surface area contributed by atoms with E-state index in [1.54, 1.807) is 61.8 Å². The summed E-state index contributed by atoms with van der Waals surface area (Å²) in [4.78, 5) is 94.4. The number of anilines is 2. The van der Waals surface area contributed by atoms with Crippen LogP contribution in [0.1, 0.15) is 86.6 Å². The summed E-state index contributed by atoms with van der Waals surface area (Å²) in [6.07, 6.45) is 1.08. The number of imidazole rings is 1.